The molecule has 5 nitrogen and oxygen atoms in total. The summed E-state index contributed by atoms with van der Waals surface area (Å²) in [6, 6.07) is 4.62. The third kappa shape index (κ3) is 3.42. The Morgan fingerprint density at radius 2 is 2.05 bits per heavy atom. The Morgan fingerprint density at radius 3 is 2.55 bits per heavy atom. The van der Waals surface area contributed by atoms with Gasteiger partial charge in [-0.05, 0) is 38.5 Å². The highest BCUT2D eigenvalue weighted by atomic mass is 35.5. The Bertz CT molecular complexity index is 636. The fourth-order valence-electron chi connectivity index (χ4n) is 1.89. The predicted octanol–water partition coefficient (Wildman–Crippen LogP) is 2.54. The number of benzene rings is 1. The minimum absolute atomic E-state index is 0.131. The zero-order valence-corrected chi connectivity index (χ0v) is 13.3. The molecule has 7 heteroatoms. The molecule has 0 spiro atoms. The van der Waals surface area contributed by atoms with Gasteiger partial charge >= 0.3 is 0 Å². The van der Waals surface area contributed by atoms with Crippen LogP contribution >= 0.6 is 11.6 Å². The van der Waals surface area contributed by atoms with Gasteiger partial charge in [-0.3, -0.25) is 0 Å². The maximum absolute atomic E-state index is 12.7. The summed E-state index contributed by atoms with van der Waals surface area (Å²) in [6.07, 6.45) is 0.138. The van der Waals surface area contributed by atoms with Crippen LogP contribution in [-0.2, 0) is 10.0 Å². The number of anilines is 1. The SMILES string of the molecule is Cc1cc(Cl)c(N)cc1S(=O)(=O)N(CCC#N)C(C)C. The molecule has 0 amide bonds. The molecular formula is C13H18ClN3O2S. The zero-order valence-electron chi connectivity index (χ0n) is 11.7. The van der Waals surface area contributed by atoms with E-state index in [0.717, 1.165) is 0 Å². The molecule has 0 radical (unpaired) electrons. The average molecular weight is 316 g/mol. The first-order chi connectivity index (χ1) is 9.21. The van der Waals surface area contributed by atoms with Crippen LogP contribution in [0.3, 0.4) is 0 Å². The number of nitriles is 1. The van der Waals surface area contributed by atoms with Crippen molar-refractivity contribution in [2.24, 2.45) is 0 Å². The molecule has 0 aromatic heterocycles. The van der Waals surface area contributed by atoms with Gasteiger partial charge in [-0.2, -0.15) is 9.57 Å². The molecular weight excluding hydrogens is 298 g/mol. The fraction of sp³-hybridized carbons (Fsp3) is 0.462. The van der Waals surface area contributed by atoms with E-state index in [4.69, 9.17) is 22.6 Å². The topological polar surface area (TPSA) is 87.2 Å². The maximum Gasteiger partial charge on any atom is 0.243 e. The van der Waals surface area contributed by atoms with E-state index in [1.165, 1.54) is 16.4 Å². The van der Waals surface area contributed by atoms with Gasteiger partial charge in [0.05, 0.1) is 21.7 Å². The van der Waals surface area contributed by atoms with Gasteiger partial charge in [-0.15, -0.1) is 0 Å². The van der Waals surface area contributed by atoms with Crippen LogP contribution in [0, 0.1) is 18.3 Å². The number of nitrogen functional groups attached to an aromatic ring is 1. The first kappa shape index (κ1) is 16.8. The molecule has 0 aliphatic heterocycles. The van der Waals surface area contributed by atoms with Crippen LogP contribution in [0.15, 0.2) is 17.0 Å². The van der Waals surface area contributed by atoms with Crippen molar-refractivity contribution >= 4 is 27.3 Å². The Morgan fingerprint density at radius 1 is 1.45 bits per heavy atom. The van der Waals surface area contributed by atoms with E-state index in [2.05, 4.69) is 0 Å². The molecule has 0 atom stereocenters. The number of halogens is 1. The normalized spacial score (nSPS) is 11.8. The number of nitrogens with zero attached hydrogens (tertiary/aromatic N) is 2. The van der Waals surface area contributed by atoms with Gasteiger partial charge in [0.1, 0.15) is 0 Å². The summed E-state index contributed by atoms with van der Waals surface area (Å²) in [4.78, 5) is 0.131. The molecule has 0 saturated carbocycles. The fourth-order valence-corrected chi connectivity index (χ4v) is 3.99. The Balaban J connectivity index is 3.34. The summed E-state index contributed by atoms with van der Waals surface area (Å²) in [5, 5.41) is 8.99. The van der Waals surface area contributed by atoms with Gasteiger partial charge in [0.25, 0.3) is 0 Å². The van der Waals surface area contributed by atoms with Crippen molar-refractivity contribution in [3.8, 4) is 6.07 Å². The van der Waals surface area contributed by atoms with E-state index >= 15 is 0 Å². The first-order valence-corrected chi connectivity index (χ1v) is 7.98. The van der Waals surface area contributed by atoms with Crippen molar-refractivity contribution in [2.45, 2.75) is 38.1 Å². The summed E-state index contributed by atoms with van der Waals surface area (Å²) in [6.45, 7) is 5.35. The number of rotatable bonds is 5. The molecule has 110 valence electrons. The summed E-state index contributed by atoms with van der Waals surface area (Å²) in [7, 11) is -3.70. The number of aryl methyl sites for hydroxylation is 1. The van der Waals surface area contributed by atoms with Crippen LogP contribution in [0.2, 0.25) is 5.02 Å². The standard InChI is InChI=1S/C13H18ClN3O2S/c1-9(2)17(6-4-5-15)20(18,19)13-8-12(16)11(14)7-10(13)3/h7-9H,4,6,16H2,1-3H3. The van der Waals surface area contributed by atoms with Crippen LogP contribution < -0.4 is 5.73 Å². The third-order valence-electron chi connectivity index (χ3n) is 2.90. The highest BCUT2D eigenvalue weighted by Crippen LogP contribution is 2.29. The number of nitrogens with two attached hydrogens (primary N) is 1. The Hall–Kier alpha value is -1.29. The lowest BCUT2D eigenvalue weighted by molar-refractivity contribution is 0.360. The average Bonchev–Trinajstić information content (AvgIpc) is 2.33. The highest BCUT2D eigenvalue weighted by Gasteiger charge is 2.28. The van der Waals surface area contributed by atoms with Crippen LogP contribution in [0.25, 0.3) is 0 Å². The molecule has 0 unspecified atom stereocenters. The second-order valence-corrected chi connectivity index (χ2v) is 7.02. The molecule has 20 heavy (non-hydrogen) atoms. The van der Waals surface area contributed by atoms with Crippen molar-refractivity contribution in [1.29, 1.82) is 5.26 Å². The van der Waals surface area contributed by atoms with Gasteiger partial charge < -0.3 is 5.73 Å². The van der Waals surface area contributed by atoms with Gasteiger partial charge in [0.2, 0.25) is 10.0 Å². The number of sulfonamides is 1. The van der Waals surface area contributed by atoms with E-state index in [9.17, 15) is 8.42 Å². The predicted molar refractivity (Wildman–Crippen MR) is 79.9 cm³/mol. The quantitative estimate of drug-likeness (QED) is 0.846. The van der Waals surface area contributed by atoms with Crippen molar-refractivity contribution in [2.75, 3.05) is 12.3 Å². The monoisotopic (exact) mass is 315 g/mol. The second-order valence-electron chi connectivity index (χ2n) is 4.76. The lowest BCUT2D eigenvalue weighted by atomic mass is 10.2. The lowest BCUT2D eigenvalue weighted by Gasteiger charge is -2.26. The smallest absolute Gasteiger partial charge is 0.243 e. The van der Waals surface area contributed by atoms with Crippen LogP contribution in [0.1, 0.15) is 25.8 Å². The highest BCUT2D eigenvalue weighted by molar-refractivity contribution is 7.89. The molecule has 0 aliphatic carbocycles. The summed E-state index contributed by atoms with van der Waals surface area (Å²) in [5.41, 5.74) is 6.45. The molecule has 0 heterocycles. The van der Waals surface area contributed by atoms with Crippen molar-refractivity contribution in [3.63, 3.8) is 0 Å². The molecule has 0 bridgehead atoms. The molecule has 1 rings (SSSR count). The second kappa shape index (κ2) is 6.44. The van der Waals surface area contributed by atoms with E-state index in [0.29, 0.717) is 10.6 Å². The zero-order chi connectivity index (χ0) is 15.5. The molecule has 0 fully saturated rings. The third-order valence-corrected chi connectivity index (χ3v) is 5.45. The maximum atomic E-state index is 12.7. The first-order valence-electron chi connectivity index (χ1n) is 6.16. The van der Waals surface area contributed by atoms with Gasteiger partial charge in [0, 0.05) is 19.0 Å². The van der Waals surface area contributed by atoms with E-state index < -0.39 is 10.0 Å². The molecule has 0 aliphatic rings. The largest absolute Gasteiger partial charge is 0.397 e. The molecule has 1 aromatic rings. The summed E-state index contributed by atoms with van der Waals surface area (Å²) >= 11 is 5.89. The minimum Gasteiger partial charge on any atom is -0.397 e. The minimum atomic E-state index is -3.70. The Kier molecular flexibility index (Phi) is 5.40. The molecule has 1 aromatic carbocycles. The number of hydrogen-bond donors (Lipinski definition) is 1. The summed E-state index contributed by atoms with van der Waals surface area (Å²) in [5.74, 6) is 0. The Labute approximate surface area is 125 Å². The van der Waals surface area contributed by atoms with Gasteiger partial charge in [-0.1, -0.05) is 11.6 Å². The van der Waals surface area contributed by atoms with E-state index in [1.54, 1.807) is 20.8 Å². The van der Waals surface area contributed by atoms with Crippen LogP contribution in [0.5, 0.6) is 0 Å². The molecule has 0 saturated heterocycles. The lowest BCUT2D eigenvalue weighted by Crippen LogP contribution is -2.38. The molecule has 2 N–H and O–H groups in total. The van der Waals surface area contributed by atoms with E-state index in [1.807, 2.05) is 6.07 Å². The van der Waals surface area contributed by atoms with Crippen molar-refractivity contribution < 1.29 is 8.42 Å². The van der Waals surface area contributed by atoms with Gasteiger partial charge in [-0.25, -0.2) is 8.42 Å². The van der Waals surface area contributed by atoms with E-state index in [-0.39, 0.29) is 29.6 Å². The number of hydrogen-bond acceptors (Lipinski definition) is 4. The van der Waals surface area contributed by atoms with Gasteiger partial charge in [0.15, 0.2) is 0 Å². The summed E-state index contributed by atoms with van der Waals surface area (Å²) < 4.78 is 26.7. The van der Waals surface area contributed by atoms with Crippen LogP contribution in [0.4, 0.5) is 5.69 Å². The van der Waals surface area contributed by atoms with Crippen molar-refractivity contribution in [3.05, 3.63) is 22.7 Å². The van der Waals surface area contributed by atoms with Crippen LogP contribution in [-0.4, -0.2) is 25.3 Å². The van der Waals surface area contributed by atoms with Crippen molar-refractivity contribution in [1.82, 2.24) is 4.31 Å².